The van der Waals surface area contributed by atoms with Gasteiger partial charge in [-0.3, -0.25) is 14.4 Å². The van der Waals surface area contributed by atoms with Gasteiger partial charge in [-0.25, -0.2) is 4.79 Å². The molecule has 11 nitrogen and oxygen atoms in total. The summed E-state index contributed by atoms with van der Waals surface area (Å²) in [4.78, 5) is 50.5. The number of fused-ring (bicyclic) bond motifs is 1. The van der Waals surface area contributed by atoms with Crippen molar-refractivity contribution in [2.75, 3.05) is 31.5 Å². The van der Waals surface area contributed by atoms with Gasteiger partial charge in [0, 0.05) is 42.1 Å². The van der Waals surface area contributed by atoms with Crippen LogP contribution in [0.1, 0.15) is 65.1 Å². The minimum atomic E-state index is -1.56. The first kappa shape index (κ1) is 31.3. The van der Waals surface area contributed by atoms with Crippen LogP contribution in [-0.2, 0) is 14.4 Å². The maximum Gasteiger partial charge on any atom is 0.332 e. The number of hydrogen-bond acceptors (Lipinski definition) is 6. The van der Waals surface area contributed by atoms with Crippen LogP contribution >= 0.6 is 0 Å². The van der Waals surface area contributed by atoms with E-state index in [1.165, 1.54) is 0 Å². The van der Waals surface area contributed by atoms with Crippen LogP contribution in [0.3, 0.4) is 0 Å². The zero-order chi connectivity index (χ0) is 29.3. The van der Waals surface area contributed by atoms with Crippen LogP contribution in [0.15, 0.2) is 18.2 Å². The lowest BCUT2D eigenvalue weighted by molar-refractivity contribution is -0.147. The molecule has 1 aliphatic rings. The summed E-state index contributed by atoms with van der Waals surface area (Å²) in [6.07, 6.45) is -0.288. The molecule has 1 aliphatic heterocycles. The van der Waals surface area contributed by atoms with Gasteiger partial charge < -0.3 is 35.8 Å². The summed E-state index contributed by atoms with van der Waals surface area (Å²) in [6.45, 7) is 13.4. The smallest absolute Gasteiger partial charge is 0.332 e. The van der Waals surface area contributed by atoms with Gasteiger partial charge in [-0.1, -0.05) is 25.5 Å². The number of rotatable bonds is 11. The molecule has 2 amide bonds. The lowest BCUT2D eigenvalue weighted by Gasteiger charge is -2.18. The number of H-pyrrole nitrogens is 1. The predicted molar refractivity (Wildman–Crippen MR) is 149 cm³/mol. The maximum absolute atomic E-state index is 12.8. The highest BCUT2D eigenvalue weighted by atomic mass is 16.4. The van der Waals surface area contributed by atoms with E-state index in [2.05, 4.69) is 34.4 Å². The molecule has 39 heavy (non-hydrogen) atoms. The van der Waals surface area contributed by atoms with E-state index in [1.807, 2.05) is 45.0 Å². The lowest BCUT2D eigenvalue weighted by Crippen LogP contribution is -2.35. The van der Waals surface area contributed by atoms with Crippen molar-refractivity contribution in [2.45, 2.75) is 53.6 Å². The number of anilines is 1. The number of benzene rings is 1. The first-order valence-corrected chi connectivity index (χ1v) is 12.9. The quantitative estimate of drug-likeness (QED) is 0.235. The first-order chi connectivity index (χ1) is 18.4. The SMILES string of the molecule is CCN(CC)CCNC(=O)c1c(C)[nH]c(/C=C2\C(=O)Nc3ccc(C)cc32)c1C.O=C(O)CC[C@H](O)C(=O)O. The molecule has 2 aromatic rings. The molecule has 0 bridgehead atoms. The largest absolute Gasteiger partial charge is 0.481 e. The number of aliphatic carboxylic acids is 2. The van der Waals surface area contributed by atoms with Crippen LogP contribution in [0.4, 0.5) is 5.69 Å². The Kier molecular flexibility index (Phi) is 11.4. The number of carbonyl (C=O) groups is 4. The van der Waals surface area contributed by atoms with Crippen LogP contribution < -0.4 is 10.6 Å². The second kappa shape index (κ2) is 14.3. The van der Waals surface area contributed by atoms with E-state index in [9.17, 15) is 19.2 Å². The van der Waals surface area contributed by atoms with Crippen LogP contribution in [0.5, 0.6) is 0 Å². The van der Waals surface area contributed by atoms with E-state index >= 15 is 0 Å². The number of aliphatic hydroxyl groups excluding tert-OH is 1. The molecule has 0 unspecified atom stereocenters. The Morgan fingerprint density at radius 3 is 2.36 bits per heavy atom. The number of aryl methyl sites for hydroxylation is 2. The molecule has 1 atom stereocenters. The Bertz CT molecular complexity index is 1240. The van der Waals surface area contributed by atoms with Crippen LogP contribution in [0, 0.1) is 20.8 Å². The minimum Gasteiger partial charge on any atom is -0.481 e. The van der Waals surface area contributed by atoms with Crippen molar-refractivity contribution in [1.29, 1.82) is 0 Å². The van der Waals surface area contributed by atoms with Gasteiger partial charge >= 0.3 is 11.9 Å². The van der Waals surface area contributed by atoms with Gasteiger partial charge in [-0.15, -0.1) is 0 Å². The second-order valence-corrected chi connectivity index (χ2v) is 9.29. The molecule has 0 saturated carbocycles. The molecule has 1 aromatic carbocycles. The highest BCUT2D eigenvalue weighted by molar-refractivity contribution is 6.35. The second-order valence-electron chi connectivity index (χ2n) is 9.29. The topological polar surface area (TPSA) is 172 Å². The molecule has 212 valence electrons. The third-order valence-electron chi connectivity index (χ3n) is 6.47. The summed E-state index contributed by atoms with van der Waals surface area (Å²) in [6, 6.07) is 5.91. The van der Waals surface area contributed by atoms with Crippen molar-refractivity contribution in [1.82, 2.24) is 15.2 Å². The van der Waals surface area contributed by atoms with Crippen molar-refractivity contribution in [3.63, 3.8) is 0 Å². The summed E-state index contributed by atoms with van der Waals surface area (Å²) >= 11 is 0. The van der Waals surface area contributed by atoms with Crippen molar-refractivity contribution in [3.8, 4) is 0 Å². The Hall–Kier alpha value is -3.96. The minimum absolute atomic E-state index is 0.0832. The highest BCUT2D eigenvalue weighted by Crippen LogP contribution is 2.34. The predicted octanol–water partition coefficient (Wildman–Crippen LogP) is 2.80. The van der Waals surface area contributed by atoms with E-state index in [0.29, 0.717) is 17.7 Å². The molecule has 6 N–H and O–H groups in total. The van der Waals surface area contributed by atoms with Crippen LogP contribution in [0.2, 0.25) is 0 Å². The van der Waals surface area contributed by atoms with Gasteiger partial charge in [0.2, 0.25) is 0 Å². The number of hydrogen-bond donors (Lipinski definition) is 6. The molecule has 0 radical (unpaired) electrons. The van der Waals surface area contributed by atoms with Crippen molar-refractivity contribution < 1.29 is 34.5 Å². The van der Waals surface area contributed by atoms with Gasteiger partial charge in [0.05, 0.1) is 11.1 Å². The summed E-state index contributed by atoms with van der Waals surface area (Å²) in [7, 11) is 0. The Balaban J connectivity index is 0.000000455. The molecule has 0 spiro atoms. The fourth-order valence-electron chi connectivity index (χ4n) is 4.19. The number of carboxylic acid groups (broad SMARTS) is 2. The number of likely N-dealkylation sites (N-methyl/N-ethyl adjacent to an activating group) is 1. The summed E-state index contributed by atoms with van der Waals surface area (Å²) < 4.78 is 0. The van der Waals surface area contributed by atoms with E-state index in [1.54, 1.807) is 0 Å². The number of aromatic nitrogens is 1. The van der Waals surface area contributed by atoms with Crippen molar-refractivity contribution >= 4 is 41.1 Å². The van der Waals surface area contributed by atoms with Gasteiger partial charge in [0.25, 0.3) is 11.8 Å². The Morgan fingerprint density at radius 1 is 1.10 bits per heavy atom. The molecule has 0 aliphatic carbocycles. The van der Waals surface area contributed by atoms with Gasteiger partial charge in [-0.2, -0.15) is 0 Å². The van der Waals surface area contributed by atoms with Crippen molar-refractivity contribution in [3.05, 3.63) is 51.8 Å². The lowest BCUT2D eigenvalue weighted by atomic mass is 10.0. The third-order valence-corrected chi connectivity index (χ3v) is 6.47. The Labute approximate surface area is 227 Å². The van der Waals surface area contributed by atoms with E-state index in [0.717, 1.165) is 53.4 Å². The third kappa shape index (κ3) is 8.52. The average molecular weight is 543 g/mol. The molecular formula is C28H38N4O7. The summed E-state index contributed by atoms with van der Waals surface area (Å²) in [5.74, 6) is -2.70. The molecule has 1 aromatic heterocycles. The Morgan fingerprint density at radius 2 is 1.77 bits per heavy atom. The molecule has 0 fully saturated rings. The van der Waals surface area contributed by atoms with E-state index in [-0.39, 0.29) is 24.7 Å². The van der Waals surface area contributed by atoms with E-state index in [4.69, 9.17) is 15.3 Å². The fourth-order valence-corrected chi connectivity index (χ4v) is 4.19. The fraction of sp³-hybridized carbons (Fsp3) is 0.429. The highest BCUT2D eigenvalue weighted by Gasteiger charge is 2.25. The van der Waals surface area contributed by atoms with Crippen LogP contribution in [-0.4, -0.2) is 81.2 Å². The molecule has 3 rings (SSSR count). The summed E-state index contributed by atoms with van der Waals surface area (Å²) in [5.41, 5.74) is 6.52. The maximum atomic E-state index is 12.8. The van der Waals surface area contributed by atoms with Gasteiger partial charge in [0.15, 0.2) is 6.10 Å². The monoisotopic (exact) mass is 542 g/mol. The normalized spacial score (nSPS) is 13.9. The number of carbonyl (C=O) groups excluding carboxylic acids is 2. The number of aromatic amines is 1. The van der Waals surface area contributed by atoms with Gasteiger partial charge in [-0.05, 0) is 64.1 Å². The molecule has 11 heteroatoms. The molecule has 2 heterocycles. The van der Waals surface area contributed by atoms with E-state index < -0.39 is 18.0 Å². The van der Waals surface area contributed by atoms with Gasteiger partial charge in [0.1, 0.15) is 0 Å². The number of nitrogens with one attached hydrogen (secondary N) is 3. The standard InChI is InChI=1S/C23H30N4O2.C5H8O5/c1-6-27(7-2)11-10-24-23(29)21-15(4)20(25-16(21)5)13-18-17-12-14(3)8-9-19(17)26-22(18)28;6-3(5(9)10)1-2-4(7)8/h8-9,12-13,25H,6-7,10-11H2,1-5H3,(H,24,29)(H,26,28);3,6H,1-2H2,(H,7,8)(H,9,10)/b18-13-;/t;3-/m.0/s1. The number of amides is 2. The number of aliphatic hydroxyl groups is 1. The average Bonchev–Trinajstić information content (AvgIpc) is 3.34. The molecule has 0 saturated heterocycles. The summed E-state index contributed by atoms with van der Waals surface area (Å²) in [5, 5.41) is 30.5. The number of nitrogens with zero attached hydrogens (tertiary/aromatic N) is 1. The first-order valence-electron chi connectivity index (χ1n) is 12.9. The van der Waals surface area contributed by atoms with Crippen LogP contribution in [0.25, 0.3) is 11.6 Å². The molecular weight excluding hydrogens is 504 g/mol. The number of carboxylic acids is 2. The zero-order valence-corrected chi connectivity index (χ0v) is 23.1. The van der Waals surface area contributed by atoms with Crippen molar-refractivity contribution in [2.24, 2.45) is 0 Å². The zero-order valence-electron chi connectivity index (χ0n) is 23.1.